The number of amides is 1. The predicted molar refractivity (Wildman–Crippen MR) is 116 cm³/mol. The standard InChI is InChI=1S/C24H25N3O3/c1-3-30-18-11-9-16(10-12-18)22-21(24(29)27-17-6-5-13-25-14-17)15(2)26-19-7-4-8-20(28)23(19)22/h5-6,9-14,22-23H,3-4,7-8H2,1-2H3,(H,27,29)/t22-,23?/m0/s1. The number of aliphatic imine (C=N–C) groups is 1. The Morgan fingerprint density at radius 3 is 2.67 bits per heavy atom. The highest BCUT2D eigenvalue weighted by atomic mass is 16.5. The van der Waals surface area contributed by atoms with Crippen molar-refractivity contribution in [2.75, 3.05) is 11.9 Å². The van der Waals surface area contributed by atoms with E-state index in [0.29, 0.717) is 30.0 Å². The fourth-order valence-electron chi connectivity index (χ4n) is 4.35. The van der Waals surface area contributed by atoms with Gasteiger partial charge in [0.1, 0.15) is 11.5 Å². The van der Waals surface area contributed by atoms with E-state index in [-0.39, 0.29) is 17.6 Å². The number of ketones is 1. The van der Waals surface area contributed by atoms with E-state index in [1.165, 1.54) is 0 Å². The summed E-state index contributed by atoms with van der Waals surface area (Å²) in [5.74, 6) is -0.0886. The topological polar surface area (TPSA) is 80.7 Å². The van der Waals surface area contributed by atoms with Crippen LogP contribution in [-0.2, 0) is 9.59 Å². The maximum atomic E-state index is 13.3. The Morgan fingerprint density at radius 2 is 1.97 bits per heavy atom. The molecule has 1 aliphatic carbocycles. The minimum atomic E-state index is -0.393. The van der Waals surface area contributed by atoms with Crippen molar-refractivity contribution in [3.63, 3.8) is 0 Å². The first-order valence-electron chi connectivity index (χ1n) is 10.3. The Kier molecular flexibility index (Phi) is 5.74. The Morgan fingerprint density at radius 1 is 1.17 bits per heavy atom. The smallest absolute Gasteiger partial charge is 0.254 e. The van der Waals surface area contributed by atoms with Gasteiger partial charge in [0.2, 0.25) is 0 Å². The van der Waals surface area contributed by atoms with Gasteiger partial charge in [0, 0.05) is 35.5 Å². The van der Waals surface area contributed by atoms with Gasteiger partial charge in [-0.2, -0.15) is 0 Å². The van der Waals surface area contributed by atoms with E-state index < -0.39 is 5.92 Å². The zero-order chi connectivity index (χ0) is 21.1. The SMILES string of the molecule is CCOc1ccc([C@H]2C(C(=O)Nc3cccnc3)=C(C)N=C3CCCC(=O)C32)cc1. The molecule has 1 amide bonds. The van der Waals surface area contributed by atoms with Gasteiger partial charge in [-0.25, -0.2) is 0 Å². The van der Waals surface area contributed by atoms with Gasteiger partial charge < -0.3 is 10.1 Å². The van der Waals surface area contributed by atoms with Crippen molar-refractivity contribution in [2.24, 2.45) is 10.9 Å². The van der Waals surface area contributed by atoms with Crippen molar-refractivity contribution in [3.8, 4) is 5.75 Å². The molecule has 154 valence electrons. The summed E-state index contributed by atoms with van der Waals surface area (Å²) in [7, 11) is 0. The normalized spacial score (nSPS) is 21.0. The largest absolute Gasteiger partial charge is 0.494 e. The van der Waals surface area contributed by atoms with Gasteiger partial charge in [0.25, 0.3) is 5.91 Å². The summed E-state index contributed by atoms with van der Waals surface area (Å²) >= 11 is 0. The van der Waals surface area contributed by atoms with E-state index in [1.54, 1.807) is 24.5 Å². The van der Waals surface area contributed by atoms with E-state index in [4.69, 9.17) is 9.73 Å². The molecule has 6 heteroatoms. The van der Waals surface area contributed by atoms with Gasteiger partial charge in [-0.1, -0.05) is 12.1 Å². The lowest BCUT2D eigenvalue weighted by Gasteiger charge is -2.36. The molecule has 2 aliphatic rings. The van der Waals surface area contributed by atoms with Gasteiger partial charge in [-0.15, -0.1) is 0 Å². The molecule has 4 rings (SSSR count). The van der Waals surface area contributed by atoms with Crippen LogP contribution in [0.5, 0.6) is 5.75 Å². The number of fused-ring (bicyclic) bond motifs is 1. The van der Waals surface area contributed by atoms with Crippen LogP contribution in [0.25, 0.3) is 0 Å². The Balaban J connectivity index is 1.76. The number of Topliss-reactive ketones (excluding diaryl/α,β-unsaturated/α-hetero) is 1. The lowest BCUT2D eigenvalue weighted by atomic mass is 9.69. The Labute approximate surface area is 176 Å². The van der Waals surface area contributed by atoms with E-state index in [2.05, 4.69) is 10.3 Å². The maximum Gasteiger partial charge on any atom is 0.254 e. The van der Waals surface area contributed by atoms with Crippen LogP contribution in [0.15, 0.2) is 65.1 Å². The molecule has 1 N–H and O–H groups in total. The van der Waals surface area contributed by atoms with Crippen molar-refractivity contribution in [1.82, 2.24) is 4.98 Å². The summed E-state index contributed by atoms with van der Waals surface area (Å²) in [6, 6.07) is 11.2. The molecular formula is C24H25N3O3. The van der Waals surface area contributed by atoms with Gasteiger partial charge in [0.15, 0.2) is 0 Å². The second-order valence-electron chi connectivity index (χ2n) is 7.58. The Hall–Kier alpha value is -3.28. The van der Waals surface area contributed by atoms with E-state index in [9.17, 15) is 9.59 Å². The third-order valence-electron chi connectivity index (χ3n) is 5.62. The number of pyridine rings is 1. The van der Waals surface area contributed by atoms with Crippen molar-refractivity contribution < 1.29 is 14.3 Å². The van der Waals surface area contributed by atoms with Crippen LogP contribution in [0.4, 0.5) is 5.69 Å². The van der Waals surface area contributed by atoms with Crippen molar-refractivity contribution >= 4 is 23.1 Å². The fourth-order valence-corrected chi connectivity index (χ4v) is 4.35. The number of ether oxygens (including phenoxy) is 1. The van der Waals surface area contributed by atoms with E-state index >= 15 is 0 Å². The second kappa shape index (κ2) is 8.61. The number of benzene rings is 1. The van der Waals surface area contributed by atoms with Crippen LogP contribution in [0.3, 0.4) is 0 Å². The van der Waals surface area contributed by atoms with E-state index in [1.807, 2.05) is 38.1 Å². The van der Waals surface area contributed by atoms with Gasteiger partial charge in [-0.3, -0.25) is 19.6 Å². The first-order chi connectivity index (χ1) is 14.6. The molecule has 6 nitrogen and oxygen atoms in total. The molecule has 1 unspecified atom stereocenters. The lowest BCUT2D eigenvalue weighted by molar-refractivity contribution is -0.122. The number of nitrogens with zero attached hydrogens (tertiary/aromatic N) is 2. The van der Waals surface area contributed by atoms with Crippen LogP contribution in [-0.4, -0.2) is 29.0 Å². The number of hydrogen-bond donors (Lipinski definition) is 1. The summed E-state index contributed by atoms with van der Waals surface area (Å²) in [5, 5.41) is 2.92. The third kappa shape index (κ3) is 3.90. The number of allylic oxidation sites excluding steroid dienone is 1. The predicted octanol–water partition coefficient (Wildman–Crippen LogP) is 4.30. The molecule has 2 heterocycles. The minimum Gasteiger partial charge on any atom is -0.494 e. The quantitative estimate of drug-likeness (QED) is 0.807. The van der Waals surface area contributed by atoms with Crippen molar-refractivity contribution in [2.45, 2.75) is 39.0 Å². The average molecular weight is 403 g/mol. The molecule has 2 aromatic rings. The molecule has 30 heavy (non-hydrogen) atoms. The molecule has 2 atom stereocenters. The number of nitrogens with one attached hydrogen (secondary N) is 1. The van der Waals surface area contributed by atoms with Gasteiger partial charge in [0.05, 0.1) is 24.4 Å². The lowest BCUT2D eigenvalue weighted by Crippen LogP contribution is -2.39. The molecule has 1 saturated carbocycles. The summed E-state index contributed by atoms with van der Waals surface area (Å²) in [6.07, 6.45) is 5.38. The number of hydrogen-bond acceptors (Lipinski definition) is 5. The minimum absolute atomic E-state index is 0.151. The number of anilines is 1. The molecule has 1 fully saturated rings. The molecule has 0 radical (unpaired) electrons. The van der Waals surface area contributed by atoms with Crippen LogP contribution in [0, 0.1) is 5.92 Å². The summed E-state index contributed by atoms with van der Waals surface area (Å²) in [6.45, 7) is 4.37. The highest BCUT2D eigenvalue weighted by Crippen LogP contribution is 2.43. The molecule has 1 aromatic carbocycles. The van der Waals surface area contributed by atoms with E-state index in [0.717, 1.165) is 29.9 Å². The summed E-state index contributed by atoms with van der Waals surface area (Å²) < 4.78 is 5.56. The molecule has 0 saturated heterocycles. The van der Waals surface area contributed by atoms with Crippen molar-refractivity contribution in [3.05, 3.63) is 65.6 Å². The van der Waals surface area contributed by atoms with Crippen LogP contribution < -0.4 is 10.1 Å². The number of aromatic nitrogens is 1. The number of rotatable bonds is 5. The molecule has 1 aliphatic heterocycles. The highest BCUT2D eigenvalue weighted by molar-refractivity contribution is 6.14. The number of carbonyl (C=O) groups is 2. The molecule has 1 aromatic heterocycles. The second-order valence-corrected chi connectivity index (χ2v) is 7.58. The van der Waals surface area contributed by atoms with Crippen LogP contribution in [0.1, 0.15) is 44.6 Å². The molecule has 0 spiro atoms. The van der Waals surface area contributed by atoms with Crippen LogP contribution >= 0.6 is 0 Å². The molecular weight excluding hydrogens is 378 g/mol. The van der Waals surface area contributed by atoms with Gasteiger partial charge in [-0.05, 0) is 56.5 Å². The zero-order valence-corrected chi connectivity index (χ0v) is 17.2. The average Bonchev–Trinajstić information content (AvgIpc) is 2.74. The fraction of sp³-hybridized carbons (Fsp3) is 0.333. The monoisotopic (exact) mass is 403 g/mol. The number of carbonyl (C=O) groups excluding carboxylic acids is 2. The van der Waals surface area contributed by atoms with Crippen LogP contribution in [0.2, 0.25) is 0 Å². The highest BCUT2D eigenvalue weighted by Gasteiger charge is 2.43. The Bertz CT molecular complexity index is 1010. The van der Waals surface area contributed by atoms with Gasteiger partial charge >= 0.3 is 0 Å². The first-order valence-corrected chi connectivity index (χ1v) is 10.3. The summed E-state index contributed by atoms with van der Waals surface area (Å²) in [4.78, 5) is 35.0. The molecule has 0 bridgehead atoms. The first kappa shape index (κ1) is 20.0. The van der Waals surface area contributed by atoms with Crippen molar-refractivity contribution in [1.29, 1.82) is 0 Å². The zero-order valence-electron chi connectivity index (χ0n) is 17.2. The summed E-state index contributed by atoms with van der Waals surface area (Å²) in [5.41, 5.74) is 3.61. The maximum absolute atomic E-state index is 13.3. The third-order valence-corrected chi connectivity index (χ3v) is 5.62.